The lowest BCUT2D eigenvalue weighted by atomic mass is 10.1. The van der Waals surface area contributed by atoms with Crippen molar-refractivity contribution in [2.75, 3.05) is 26.2 Å². The number of aryl methyl sites for hydroxylation is 1. The monoisotopic (exact) mass is 415 g/mol. The van der Waals surface area contributed by atoms with Gasteiger partial charge in [0.2, 0.25) is 0 Å². The first-order valence-electron chi connectivity index (χ1n) is 9.79. The summed E-state index contributed by atoms with van der Waals surface area (Å²) in [6.07, 6.45) is 0.780. The minimum atomic E-state index is 0.208. The van der Waals surface area contributed by atoms with Crippen molar-refractivity contribution in [3.8, 4) is 0 Å². The summed E-state index contributed by atoms with van der Waals surface area (Å²) in [7, 11) is 0. The first-order chi connectivity index (χ1) is 13.6. The number of hydrogen-bond acceptors (Lipinski definition) is 5. The highest BCUT2D eigenvalue weighted by Gasteiger charge is 2.27. The molecule has 0 saturated carbocycles. The van der Waals surface area contributed by atoms with E-state index in [0.717, 1.165) is 60.9 Å². The topological polar surface area (TPSA) is 39.6 Å². The van der Waals surface area contributed by atoms with Gasteiger partial charge in [0.05, 0.1) is 10.7 Å². The molecule has 2 aromatic heterocycles. The Morgan fingerprint density at radius 2 is 2.00 bits per heavy atom. The van der Waals surface area contributed by atoms with Gasteiger partial charge >= 0.3 is 0 Å². The van der Waals surface area contributed by atoms with Crippen LogP contribution in [-0.2, 0) is 13.1 Å². The molecule has 1 N–H and O–H groups in total. The maximum Gasteiger partial charge on any atom is 0.0637 e. The van der Waals surface area contributed by atoms with Crippen molar-refractivity contribution in [3.63, 3.8) is 0 Å². The van der Waals surface area contributed by atoms with E-state index in [-0.39, 0.29) is 6.61 Å². The van der Waals surface area contributed by atoms with Crippen molar-refractivity contribution in [3.05, 3.63) is 63.8 Å². The van der Waals surface area contributed by atoms with Crippen LogP contribution in [0.2, 0.25) is 5.02 Å². The molecule has 1 aliphatic rings. The van der Waals surface area contributed by atoms with E-state index in [2.05, 4.69) is 45.1 Å². The zero-order valence-corrected chi connectivity index (χ0v) is 17.7. The van der Waals surface area contributed by atoms with Crippen molar-refractivity contribution < 1.29 is 5.11 Å². The van der Waals surface area contributed by atoms with Crippen LogP contribution in [-0.4, -0.2) is 52.2 Å². The Morgan fingerprint density at radius 1 is 1.14 bits per heavy atom. The Bertz CT molecular complexity index is 944. The summed E-state index contributed by atoms with van der Waals surface area (Å²) < 4.78 is 1.25. The van der Waals surface area contributed by atoms with Crippen molar-refractivity contribution in [2.24, 2.45) is 0 Å². The van der Waals surface area contributed by atoms with Crippen LogP contribution in [0.25, 0.3) is 10.1 Å². The Morgan fingerprint density at radius 3 is 2.79 bits per heavy atom. The molecule has 4 nitrogen and oxygen atoms in total. The molecule has 1 aliphatic heterocycles. The number of thiophene rings is 1. The number of hydrogen-bond donors (Lipinski definition) is 1. The molecular formula is C22H26ClN3OS. The van der Waals surface area contributed by atoms with Crippen LogP contribution < -0.4 is 0 Å². The van der Waals surface area contributed by atoms with Crippen LogP contribution in [0.4, 0.5) is 0 Å². The number of rotatable bonds is 6. The summed E-state index contributed by atoms with van der Waals surface area (Å²) in [6.45, 7) is 6.86. The van der Waals surface area contributed by atoms with Gasteiger partial charge in [-0.15, -0.1) is 11.3 Å². The number of halogens is 1. The standard InChI is InChI=1S/C22H26ClN3OS/c1-16-5-4-6-17(24-16)13-26-11-10-25(14-18(26)9-12-27)15-21-22(23)19-7-2-3-8-20(19)28-21/h2-8,18,27H,9-15H2,1H3. The highest BCUT2D eigenvalue weighted by atomic mass is 35.5. The summed E-state index contributed by atoms with van der Waals surface area (Å²) >= 11 is 8.44. The van der Waals surface area contributed by atoms with Crippen molar-refractivity contribution in [1.29, 1.82) is 0 Å². The molecule has 3 heterocycles. The predicted octanol–water partition coefficient (Wildman–Crippen LogP) is 4.33. The molecule has 1 unspecified atom stereocenters. The van der Waals surface area contributed by atoms with Gasteiger partial charge in [0.25, 0.3) is 0 Å². The Hall–Kier alpha value is -1.50. The Balaban J connectivity index is 1.45. The van der Waals surface area contributed by atoms with Gasteiger partial charge in [0.15, 0.2) is 0 Å². The van der Waals surface area contributed by atoms with Crippen LogP contribution in [0.1, 0.15) is 22.7 Å². The van der Waals surface area contributed by atoms with Crippen molar-refractivity contribution in [1.82, 2.24) is 14.8 Å². The molecule has 28 heavy (non-hydrogen) atoms. The lowest BCUT2D eigenvalue weighted by Gasteiger charge is -2.41. The van der Waals surface area contributed by atoms with Gasteiger partial charge in [-0.3, -0.25) is 14.8 Å². The zero-order valence-electron chi connectivity index (χ0n) is 16.1. The molecule has 4 rings (SSSR count). The fraction of sp³-hybridized carbons (Fsp3) is 0.409. The number of aliphatic hydroxyl groups is 1. The maximum atomic E-state index is 9.58. The molecule has 1 aromatic carbocycles. The smallest absolute Gasteiger partial charge is 0.0637 e. The van der Waals surface area contributed by atoms with Crippen LogP contribution in [0, 0.1) is 6.92 Å². The third-order valence-electron chi connectivity index (χ3n) is 5.43. The van der Waals surface area contributed by atoms with Crippen LogP contribution in [0.5, 0.6) is 0 Å². The highest BCUT2D eigenvalue weighted by molar-refractivity contribution is 7.19. The van der Waals surface area contributed by atoms with Gasteiger partial charge in [-0.25, -0.2) is 0 Å². The third-order valence-corrected chi connectivity index (χ3v) is 7.13. The average molecular weight is 416 g/mol. The first-order valence-corrected chi connectivity index (χ1v) is 11.0. The van der Waals surface area contributed by atoms with E-state index in [4.69, 9.17) is 11.6 Å². The molecule has 0 spiro atoms. The minimum Gasteiger partial charge on any atom is -0.396 e. The van der Waals surface area contributed by atoms with Gasteiger partial charge in [-0.1, -0.05) is 35.9 Å². The molecule has 0 bridgehead atoms. The third kappa shape index (κ3) is 4.39. The number of nitrogens with zero attached hydrogens (tertiary/aromatic N) is 3. The molecule has 6 heteroatoms. The fourth-order valence-electron chi connectivity index (χ4n) is 4.00. The van der Waals surface area contributed by atoms with Gasteiger partial charge in [-0.05, 0) is 31.5 Å². The van der Waals surface area contributed by atoms with Gasteiger partial charge in [0.1, 0.15) is 0 Å². The molecule has 1 atom stereocenters. The SMILES string of the molecule is Cc1cccc(CN2CCN(Cc3sc4ccccc4c3Cl)CC2CCO)n1. The summed E-state index contributed by atoms with van der Waals surface area (Å²) in [4.78, 5) is 10.8. The van der Waals surface area contributed by atoms with Crippen LogP contribution >= 0.6 is 22.9 Å². The molecule has 0 aliphatic carbocycles. The van der Waals surface area contributed by atoms with Crippen molar-refractivity contribution >= 4 is 33.0 Å². The van der Waals surface area contributed by atoms with E-state index in [1.807, 2.05) is 19.1 Å². The summed E-state index contributed by atoms with van der Waals surface area (Å²) in [6, 6.07) is 14.9. The number of aliphatic hydroxyl groups excluding tert-OH is 1. The molecule has 0 amide bonds. The summed E-state index contributed by atoms with van der Waals surface area (Å²) in [5, 5.41) is 11.6. The lowest BCUT2D eigenvalue weighted by molar-refractivity contribution is 0.0496. The van der Waals surface area contributed by atoms with Crippen LogP contribution in [0.15, 0.2) is 42.5 Å². The second kappa shape index (κ2) is 8.89. The maximum absolute atomic E-state index is 9.58. The first kappa shape index (κ1) is 19.8. The summed E-state index contributed by atoms with van der Waals surface area (Å²) in [5.41, 5.74) is 2.15. The molecule has 3 aromatic rings. The number of aromatic nitrogens is 1. The largest absolute Gasteiger partial charge is 0.396 e. The van der Waals surface area contributed by atoms with Crippen molar-refractivity contribution in [2.45, 2.75) is 32.5 Å². The molecule has 1 fully saturated rings. The molecule has 148 valence electrons. The quantitative estimate of drug-likeness (QED) is 0.650. The van der Waals surface area contributed by atoms with Crippen LogP contribution in [0.3, 0.4) is 0 Å². The van der Waals surface area contributed by atoms with Gasteiger partial charge in [-0.2, -0.15) is 0 Å². The minimum absolute atomic E-state index is 0.208. The van der Waals surface area contributed by atoms with E-state index >= 15 is 0 Å². The predicted molar refractivity (Wildman–Crippen MR) is 117 cm³/mol. The lowest BCUT2D eigenvalue weighted by Crippen LogP contribution is -2.52. The number of fused-ring (bicyclic) bond motifs is 1. The van der Waals surface area contributed by atoms with E-state index in [1.54, 1.807) is 11.3 Å². The second-order valence-corrected chi connectivity index (χ2v) is 8.99. The Labute approximate surface area is 175 Å². The molecule has 0 radical (unpaired) electrons. The molecular weight excluding hydrogens is 390 g/mol. The number of piperazine rings is 1. The Kier molecular flexibility index (Phi) is 6.28. The van der Waals surface area contributed by atoms with E-state index in [0.29, 0.717) is 6.04 Å². The van der Waals surface area contributed by atoms with Gasteiger partial charge < -0.3 is 5.11 Å². The van der Waals surface area contributed by atoms with E-state index in [9.17, 15) is 5.11 Å². The van der Waals surface area contributed by atoms with Gasteiger partial charge in [0, 0.05) is 66.0 Å². The summed E-state index contributed by atoms with van der Waals surface area (Å²) in [5.74, 6) is 0. The average Bonchev–Trinajstić information content (AvgIpc) is 3.00. The normalized spacial score (nSPS) is 18.8. The van der Waals surface area contributed by atoms with E-state index in [1.165, 1.54) is 9.58 Å². The second-order valence-electron chi connectivity index (χ2n) is 7.48. The zero-order chi connectivity index (χ0) is 19.5. The number of pyridine rings is 1. The van der Waals surface area contributed by atoms with E-state index < -0.39 is 0 Å². The molecule has 1 saturated heterocycles. The fourth-order valence-corrected chi connectivity index (χ4v) is 5.53. The highest BCUT2D eigenvalue weighted by Crippen LogP contribution is 2.36. The number of benzene rings is 1.